The molecule has 1 saturated heterocycles. The van der Waals surface area contributed by atoms with Gasteiger partial charge in [-0.2, -0.15) is 0 Å². The standard InChI is InChI=1S/C22H36N4O3/c1-17(2)23-21(27)15-25(5)16-22(28)26(14-20-7-6-12-29-20)13-18-8-10-19(11-9-18)24(3)4/h8-11,17,20H,6-7,12-16H2,1-5H3,(H,23,27)/p+1/t20-/m0/s1. The molecule has 7 nitrogen and oxygen atoms in total. The molecule has 1 aromatic carbocycles. The van der Waals surface area contributed by atoms with Gasteiger partial charge in [-0.05, 0) is 44.4 Å². The molecule has 1 aliphatic rings. The summed E-state index contributed by atoms with van der Waals surface area (Å²) in [4.78, 5) is 29.8. The van der Waals surface area contributed by atoms with Crippen molar-refractivity contribution in [2.75, 3.05) is 52.3 Å². The number of anilines is 1. The van der Waals surface area contributed by atoms with Crippen LogP contribution in [0.5, 0.6) is 0 Å². The summed E-state index contributed by atoms with van der Waals surface area (Å²) in [6.07, 6.45) is 2.14. The Bertz CT molecular complexity index is 655. The predicted molar refractivity (Wildman–Crippen MR) is 115 cm³/mol. The zero-order valence-electron chi connectivity index (χ0n) is 18.5. The minimum atomic E-state index is -0.0322. The van der Waals surface area contributed by atoms with Gasteiger partial charge in [0, 0.05) is 45.5 Å². The molecule has 0 spiro atoms. The number of benzene rings is 1. The van der Waals surface area contributed by atoms with Gasteiger partial charge >= 0.3 is 0 Å². The van der Waals surface area contributed by atoms with E-state index in [-0.39, 0.29) is 37.0 Å². The summed E-state index contributed by atoms with van der Waals surface area (Å²) < 4.78 is 5.76. The third-order valence-electron chi connectivity index (χ3n) is 4.99. The highest BCUT2D eigenvalue weighted by molar-refractivity contribution is 5.79. The summed E-state index contributed by atoms with van der Waals surface area (Å²) in [6.45, 7) is 6.36. The quantitative estimate of drug-likeness (QED) is 0.588. The van der Waals surface area contributed by atoms with E-state index >= 15 is 0 Å². The van der Waals surface area contributed by atoms with E-state index in [1.165, 1.54) is 0 Å². The number of rotatable bonds is 10. The van der Waals surface area contributed by atoms with Crippen molar-refractivity contribution in [2.45, 2.75) is 45.4 Å². The fourth-order valence-corrected chi connectivity index (χ4v) is 3.49. The molecule has 1 heterocycles. The molecule has 2 atom stereocenters. The summed E-state index contributed by atoms with van der Waals surface area (Å²) in [6, 6.07) is 8.37. The second-order valence-electron chi connectivity index (χ2n) is 8.50. The maximum absolute atomic E-state index is 13.0. The van der Waals surface area contributed by atoms with Crippen LogP contribution in [0, 0.1) is 0 Å². The van der Waals surface area contributed by atoms with E-state index in [1.54, 1.807) is 0 Å². The Morgan fingerprint density at radius 1 is 1.21 bits per heavy atom. The fraction of sp³-hybridized carbons (Fsp3) is 0.636. The van der Waals surface area contributed by atoms with E-state index in [2.05, 4.69) is 34.5 Å². The predicted octanol–water partition coefficient (Wildman–Crippen LogP) is 0.300. The molecule has 2 rings (SSSR count). The average Bonchev–Trinajstić information content (AvgIpc) is 3.13. The molecule has 0 aliphatic carbocycles. The minimum Gasteiger partial charge on any atom is -0.378 e. The summed E-state index contributed by atoms with van der Waals surface area (Å²) >= 11 is 0. The number of hydrogen-bond acceptors (Lipinski definition) is 4. The highest BCUT2D eigenvalue weighted by Gasteiger charge is 2.25. The molecular weight excluding hydrogens is 368 g/mol. The maximum Gasteiger partial charge on any atom is 0.278 e. The summed E-state index contributed by atoms with van der Waals surface area (Å²) in [7, 11) is 5.90. The molecule has 2 amide bonds. The zero-order valence-corrected chi connectivity index (χ0v) is 18.5. The van der Waals surface area contributed by atoms with Gasteiger partial charge in [-0.15, -0.1) is 0 Å². The van der Waals surface area contributed by atoms with Crippen molar-refractivity contribution in [1.29, 1.82) is 0 Å². The number of quaternary nitrogens is 1. The van der Waals surface area contributed by atoms with E-state index in [0.29, 0.717) is 13.1 Å². The van der Waals surface area contributed by atoms with Gasteiger partial charge in [0.2, 0.25) is 0 Å². The molecule has 0 saturated carbocycles. The highest BCUT2D eigenvalue weighted by Crippen LogP contribution is 2.17. The second kappa shape index (κ2) is 11.2. The van der Waals surface area contributed by atoms with Crippen molar-refractivity contribution in [3.8, 4) is 0 Å². The van der Waals surface area contributed by atoms with E-state index < -0.39 is 0 Å². The SMILES string of the molecule is CC(C)NC(=O)C[NH+](C)CC(=O)N(Cc1ccc(N(C)C)cc1)C[C@@H]1CCCO1. The van der Waals surface area contributed by atoms with E-state index in [4.69, 9.17) is 4.74 Å². The van der Waals surface area contributed by atoms with Crippen LogP contribution >= 0.6 is 0 Å². The first-order chi connectivity index (χ1) is 13.7. The lowest BCUT2D eigenvalue weighted by Crippen LogP contribution is -3.11. The summed E-state index contributed by atoms with van der Waals surface area (Å²) in [5, 5.41) is 2.88. The summed E-state index contributed by atoms with van der Waals surface area (Å²) in [5.74, 6) is 0.0160. The first kappa shape index (κ1) is 23.2. The molecular formula is C22H37N4O3+. The van der Waals surface area contributed by atoms with Crippen LogP contribution in [-0.2, 0) is 20.9 Å². The lowest BCUT2D eigenvalue weighted by Gasteiger charge is -2.27. The number of nitrogens with zero attached hydrogens (tertiary/aromatic N) is 2. The van der Waals surface area contributed by atoms with Crippen LogP contribution in [0.15, 0.2) is 24.3 Å². The largest absolute Gasteiger partial charge is 0.378 e. The molecule has 162 valence electrons. The monoisotopic (exact) mass is 405 g/mol. The minimum absolute atomic E-state index is 0.0322. The Morgan fingerprint density at radius 2 is 1.90 bits per heavy atom. The number of carbonyl (C=O) groups excluding carboxylic acids is 2. The van der Waals surface area contributed by atoms with Crippen molar-refractivity contribution in [1.82, 2.24) is 10.2 Å². The Balaban J connectivity index is 2.00. The number of amides is 2. The number of ether oxygens (including phenoxy) is 1. The van der Waals surface area contributed by atoms with E-state index in [0.717, 1.165) is 35.6 Å². The van der Waals surface area contributed by atoms with Crippen molar-refractivity contribution < 1.29 is 19.2 Å². The van der Waals surface area contributed by atoms with Crippen molar-refractivity contribution in [3.05, 3.63) is 29.8 Å². The Labute approximate surface area is 175 Å². The maximum atomic E-state index is 13.0. The van der Waals surface area contributed by atoms with Gasteiger partial charge < -0.3 is 24.8 Å². The van der Waals surface area contributed by atoms with Crippen LogP contribution in [0.4, 0.5) is 5.69 Å². The first-order valence-electron chi connectivity index (χ1n) is 10.5. The molecule has 1 unspecified atom stereocenters. The van der Waals surface area contributed by atoms with Gasteiger partial charge in [0.1, 0.15) is 0 Å². The fourth-order valence-electron chi connectivity index (χ4n) is 3.49. The van der Waals surface area contributed by atoms with Crippen LogP contribution in [0.2, 0.25) is 0 Å². The van der Waals surface area contributed by atoms with Gasteiger partial charge in [-0.25, -0.2) is 0 Å². The molecule has 0 bridgehead atoms. The van der Waals surface area contributed by atoms with Gasteiger partial charge in [0.05, 0.1) is 13.2 Å². The molecule has 1 fully saturated rings. The Kier molecular flexibility index (Phi) is 8.92. The third-order valence-corrected chi connectivity index (χ3v) is 4.99. The van der Waals surface area contributed by atoms with E-state index in [1.807, 2.05) is 39.9 Å². The lowest BCUT2D eigenvalue weighted by molar-refractivity contribution is -0.863. The zero-order chi connectivity index (χ0) is 21.4. The van der Waals surface area contributed by atoms with Crippen molar-refractivity contribution in [3.63, 3.8) is 0 Å². The number of hydrogen-bond donors (Lipinski definition) is 2. The molecule has 0 radical (unpaired) electrons. The van der Waals surface area contributed by atoms with Crippen LogP contribution in [0.25, 0.3) is 0 Å². The lowest BCUT2D eigenvalue weighted by atomic mass is 10.1. The second-order valence-corrected chi connectivity index (χ2v) is 8.50. The normalized spacial score (nSPS) is 17.2. The van der Waals surface area contributed by atoms with Crippen molar-refractivity contribution in [2.24, 2.45) is 0 Å². The van der Waals surface area contributed by atoms with Gasteiger partial charge in [-0.1, -0.05) is 12.1 Å². The Morgan fingerprint density at radius 3 is 2.45 bits per heavy atom. The smallest absolute Gasteiger partial charge is 0.278 e. The molecule has 0 aromatic heterocycles. The number of carbonyl (C=O) groups is 2. The topological polar surface area (TPSA) is 66.3 Å². The molecule has 1 aromatic rings. The van der Waals surface area contributed by atoms with Crippen LogP contribution in [0.1, 0.15) is 32.3 Å². The van der Waals surface area contributed by atoms with Crippen LogP contribution in [0.3, 0.4) is 0 Å². The Hall–Kier alpha value is -2.12. The third kappa shape index (κ3) is 8.03. The number of likely N-dealkylation sites (N-methyl/N-ethyl adjacent to an activating group) is 1. The van der Waals surface area contributed by atoms with Gasteiger partial charge in [0.15, 0.2) is 13.1 Å². The first-order valence-corrected chi connectivity index (χ1v) is 10.5. The molecule has 29 heavy (non-hydrogen) atoms. The van der Waals surface area contributed by atoms with Crippen LogP contribution < -0.4 is 15.1 Å². The molecule has 1 aliphatic heterocycles. The van der Waals surface area contributed by atoms with Crippen molar-refractivity contribution >= 4 is 17.5 Å². The molecule has 7 heteroatoms. The van der Waals surface area contributed by atoms with Gasteiger partial charge in [0.25, 0.3) is 11.8 Å². The van der Waals surface area contributed by atoms with E-state index in [9.17, 15) is 9.59 Å². The molecule has 2 N–H and O–H groups in total. The average molecular weight is 406 g/mol. The summed E-state index contributed by atoms with van der Waals surface area (Å²) in [5.41, 5.74) is 2.23. The number of nitrogens with one attached hydrogen (secondary N) is 2. The van der Waals surface area contributed by atoms with Crippen LogP contribution in [-0.4, -0.2) is 76.2 Å². The highest BCUT2D eigenvalue weighted by atomic mass is 16.5. The van der Waals surface area contributed by atoms with Gasteiger partial charge in [-0.3, -0.25) is 9.59 Å².